The molecule has 0 bridgehead atoms. The zero-order valence-corrected chi connectivity index (χ0v) is 15.8. The number of fused-ring (bicyclic) bond motifs is 1. The van der Waals surface area contributed by atoms with Crippen LogP contribution in [0.4, 0.5) is 5.69 Å². The van der Waals surface area contributed by atoms with E-state index in [-0.39, 0.29) is 12.5 Å². The first-order chi connectivity index (χ1) is 14.0. The molecule has 1 atom stereocenters. The third kappa shape index (κ3) is 3.40. The average molecular weight is 391 g/mol. The van der Waals surface area contributed by atoms with E-state index < -0.39 is 17.9 Å². The highest BCUT2D eigenvalue weighted by Crippen LogP contribution is 2.33. The van der Waals surface area contributed by atoms with Gasteiger partial charge in [0.25, 0.3) is 11.8 Å². The van der Waals surface area contributed by atoms with E-state index in [1.165, 1.54) is 0 Å². The highest BCUT2D eigenvalue weighted by Gasteiger charge is 2.44. The Kier molecular flexibility index (Phi) is 4.90. The van der Waals surface area contributed by atoms with Crippen molar-refractivity contribution in [3.05, 3.63) is 77.0 Å². The molecule has 2 heterocycles. The van der Waals surface area contributed by atoms with Crippen LogP contribution in [0.5, 0.6) is 0 Å². The fourth-order valence-electron chi connectivity index (χ4n) is 3.70. The number of rotatable bonds is 5. The predicted octanol–water partition coefficient (Wildman–Crippen LogP) is 2.18. The third-order valence-electron chi connectivity index (χ3n) is 5.27. The minimum Gasteiger partial charge on any atom is -0.392 e. The Labute approximate surface area is 168 Å². The summed E-state index contributed by atoms with van der Waals surface area (Å²) in [4.78, 5) is 39.4. The Balaban J connectivity index is 1.57. The third-order valence-corrected chi connectivity index (χ3v) is 5.27. The van der Waals surface area contributed by atoms with Gasteiger partial charge in [-0.1, -0.05) is 36.9 Å². The van der Waals surface area contributed by atoms with E-state index in [0.29, 0.717) is 41.9 Å². The van der Waals surface area contributed by atoms with Gasteiger partial charge >= 0.3 is 0 Å². The van der Waals surface area contributed by atoms with Crippen molar-refractivity contribution in [2.24, 2.45) is 0 Å². The van der Waals surface area contributed by atoms with E-state index in [1.807, 2.05) is 24.3 Å². The monoisotopic (exact) mass is 391 g/mol. The van der Waals surface area contributed by atoms with E-state index >= 15 is 0 Å². The van der Waals surface area contributed by atoms with Gasteiger partial charge in [-0.3, -0.25) is 19.3 Å². The molecule has 2 aliphatic rings. The van der Waals surface area contributed by atoms with Crippen LogP contribution in [0.1, 0.15) is 44.7 Å². The fraction of sp³-hybridized carbons (Fsp3) is 0.227. The molecule has 3 N–H and O–H groups in total. The van der Waals surface area contributed by atoms with Crippen LogP contribution in [0.15, 0.2) is 54.7 Å². The molecule has 0 aromatic heterocycles. The number of carbonyl (C=O) groups excluding carboxylic acids is 3. The van der Waals surface area contributed by atoms with Gasteiger partial charge in [0.2, 0.25) is 5.91 Å². The predicted molar refractivity (Wildman–Crippen MR) is 107 cm³/mol. The SMILES string of the molecule is C=C1CCC(N2C(=O)c3cccc(NCc4ccc(CO)cc4)c3C2=O)C(=O)N1. The number of benzene rings is 2. The molecule has 4 rings (SSSR count). The van der Waals surface area contributed by atoms with Crippen molar-refractivity contribution < 1.29 is 19.5 Å². The first-order valence-corrected chi connectivity index (χ1v) is 9.41. The fourth-order valence-corrected chi connectivity index (χ4v) is 3.70. The van der Waals surface area contributed by atoms with Crippen molar-refractivity contribution in [3.63, 3.8) is 0 Å². The van der Waals surface area contributed by atoms with Crippen molar-refractivity contribution in [1.29, 1.82) is 0 Å². The topological polar surface area (TPSA) is 98.7 Å². The van der Waals surface area contributed by atoms with Gasteiger partial charge in [-0.05, 0) is 36.1 Å². The van der Waals surface area contributed by atoms with Crippen LogP contribution in [0.3, 0.4) is 0 Å². The average Bonchev–Trinajstić information content (AvgIpc) is 2.98. The number of piperidine rings is 1. The van der Waals surface area contributed by atoms with Gasteiger partial charge in [-0.15, -0.1) is 0 Å². The molecule has 148 valence electrons. The van der Waals surface area contributed by atoms with E-state index in [4.69, 9.17) is 5.11 Å². The number of anilines is 1. The molecule has 0 aliphatic carbocycles. The molecule has 29 heavy (non-hydrogen) atoms. The molecular weight excluding hydrogens is 370 g/mol. The maximum absolute atomic E-state index is 13.1. The highest BCUT2D eigenvalue weighted by molar-refractivity contribution is 6.25. The summed E-state index contributed by atoms with van der Waals surface area (Å²) in [5.41, 5.74) is 3.53. The number of hydrogen-bond acceptors (Lipinski definition) is 5. The van der Waals surface area contributed by atoms with E-state index in [2.05, 4.69) is 17.2 Å². The molecule has 2 aliphatic heterocycles. The summed E-state index contributed by atoms with van der Waals surface area (Å²) in [6.07, 6.45) is 0.898. The Hall–Kier alpha value is -3.45. The second-order valence-electron chi connectivity index (χ2n) is 7.18. The van der Waals surface area contributed by atoms with Gasteiger partial charge in [0, 0.05) is 17.9 Å². The number of nitrogens with zero attached hydrogens (tertiary/aromatic N) is 1. The van der Waals surface area contributed by atoms with Crippen LogP contribution >= 0.6 is 0 Å². The smallest absolute Gasteiger partial charge is 0.264 e. The van der Waals surface area contributed by atoms with Crippen LogP contribution in [-0.2, 0) is 17.9 Å². The summed E-state index contributed by atoms with van der Waals surface area (Å²) in [6.45, 7) is 4.17. The number of nitrogens with one attached hydrogen (secondary N) is 2. The van der Waals surface area contributed by atoms with Crippen molar-refractivity contribution in [2.45, 2.75) is 32.0 Å². The minimum absolute atomic E-state index is 0.0194. The second kappa shape index (κ2) is 7.52. The van der Waals surface area contributed by atoms with Gasteiger partial charge in [-0.2, -0.15) is 0 Å². The van der Waals surface area contributed by atoms with Crippen LogP contribution in [0.2, 0.25) is 0 Å². The molecule has 1 saturated heterocycles. The van der Waals surface area contributed by atoms with Crippen molar-refractivity contribution in [2.75, 3.05) is 5.32 Å². The standard InChI is InChI=1S/C22H21N3O4/c1-13-5-10-18(20(27)24-13)25-21(28)16-3-2-4-17(19(16)22(25)29)23-11-14-6-8-15(12-26)9-7-14/h2-4,6-9,18,23,26H,1,5,10-12H2,(H,24,27). The lowest BCUT2D eigenvalue weighted by atomic mass is 10.0. The molecule has 1 unspecified atom stereocenters. The zero-order valence-electron chi connectivity index (χ0n) is 15.8. The molecule has 7 nitrogen and oxygen atoms in total. The molecule has 7 heteroatoms. The van der Waals surface area contributed by atoms with E-state index in [1.54, 1.807) is 18.2 Å². The van der Waals surface area contributed by atoms with Gasteiger partial charge in [-0.25, -0.2) is 0 Å². The molecule has 0 saturated carbocycles. The number of amides is 3. The Bertz CT molecular complexity index is 1010. The lowest BCUT2D eigenvalue weighted by Gasteiger charge is -2.29. The van der Waals surface area contributed by atoms with Gasteiger partial charge in [0.05, 0.1) is 17.7 Å². The molecule has 2 aromatic carbocycles. The number of allylic oxidation sites excluding steroid dienone is 1. The minimum atomic E-state index is -0.827. The summed E-state index contributed by atoms with van der Waals surface area (Å²) >= 11 is 0. The summed E-state index contributed by atoms with van der Waals surface area (Å²) in [5, 5.41) is 15.0. The maximum atomic E-state index is 13.1. The molecule has 1 fully saturated rings. The highest BCUT2D eigenvalue weighted by atomic mass is 16.3. The lowest BCUT2D eigenvalue weighted by Crippen LogP contribution is -2.51. The van der Waals surface area contributed by atoms with Crippen LogP contribution in [0, 0.1) is 0 Å². The molecule has 0 spiro atoms. The van der Waals surface area contributed by atoms with Crippen molar-refractivity contribution in [3.8, 4) is 0 Å². The Morgan fingerprint density at radius 1 is 1.07 bits per heavy atom. The normalized spacial score (nSPS) is 18.7. The largest absolute Gasteiger partial charge is 0.392 e. The van der Waals surface area contributed by atoms with Crippen LogP contribution < -0.4 is 10.6 Å². The molecular formula is C22H21N3O4. The summed E-state index contributed by atoms with van der Waals surface area (Å²) in [6, 6.07) is 11.7. The lowest BCUT2D eigenvalue weighted by molar-refractivity contribution is -0.125. The van der Waals surface area contributed by atoms with Crippen molar-refractivity contribution in [1.82, 2.24) is 10.2 Å². The van der Waals surface area contributed by atoms with Crippen molar-refractivity contribution >= 4 is 23.4 Å². The second-order valence-corrected chi connectivity index (χ2v) is 7.18. The van der Waals surface area contributed by atoms with Gasteiger partial charge in [0.1, 0.15) is 6.04 Å². The number of imide groups is 1. The van der Waals surface area contributed by atoms with Crippen LogP contribution in [-0.4, -0.2) is 33.8 Å². The van der Waals surface area contributed by atoms with Gasteiger partial charge < -0.3 is 15.7 Å². The Morgan fingerprint density at radius 3 is 2.48 bits per heavy atom. The number of aliphatic hydroxyl groups is 1. The van der Waals surface area contributed by atoms with E-state index in [9.17, 15) is 14.4 Å². The maximum Gasteiger partial charge on any atom is 0.264 e. The van der Waals surface area contributed by atoms with E-state index in [0.717, 1.165) is 16.0 Å². The quantitative estimate of drug-likeness (QED) is 0.679. The number of aliphatic hydroxyl groups excluding tert-OH is 1. The molecule has 3 amide bonds. The van der Waals surface area contributed by atoms with Gasteiger partial charge in [0.15, 0.2) is 0 Å². The summed E-state index contributed by atoms with van der Waals surface area (Å²) in [5.74, 6) is -1.29. The summed E-state index contributed by atoms with van der Waals surface area (Å²) in [7, 11) is 0. The van der Waals surface area contributed by atoms with Crippen LogP contribution in [0.25, 0.3) is 0 Å². The molecule has 2 aromatic rings. The number of hydrogen-bond donors (Lipinski definition) is 3. The number of carbonyl (C=O) groups is 3. The zero-order chi connectivity index (χ0) is 20.5. The summed E-state index contributed by atoms with van der Waals surface area (Å²) < 4.78 is 0. The first kappa shape index (κ1) is 18.9. The Morgan fingerprint density at radius 2 is 1.79 bits per heavy atom. The molecule has 0 radical (unpaired) electrons. The first-order valence-electron chi connectivity index (χ1n) is 9.41.